The Morgan fingerprint density at radius 3 is 2.53 bits per heavy atom. The van der Waals surface area contributed by atoms with E-state index in [-0.39, 0.29) is 18.6 Å². The lowest BCUT2D eigenvalue weighted by Gasteiger charge is -2.17. The smallest absolute Gasteiger partial charge is 0.404 e. The van der Waals surface area contributed by atoms with Crippen molar-refractivity contribution in [3.63, 3.8) is 0 Å². The van der Waals surface area contributed by atoms with Gasteiger partial charge in [0.2, 0.25) is 5.91 Å². The predicted octanol–water partition coefficient (Wildman–Crippen LogP) is 0.829. The fourth-order valence-electron chi connectivity index (χ4n) is 1.52. The Bertz CT molecular complexity index is 379. The molecule has 0 bridgehead atoms. The van der Waals surface area contributed by atoms with Crippen LogP contribution in [0.25, 0.3) is 0 Å². The van der Waals surface area contributed by atoms with Crippen LogP contribution in [0.15, 0.2) is 30.3 Å². The third-order valence-corrected chi connectivity index (χ3v) is 2.16. The van der Waals surface area contributed by atoms with Gasteiger partial charge in [0.1, 0.15) is 6.61 Å². The summed E-state index contributed by atoms with van der Waals surface area (Å²) in [5.41, 5.74) is 5.95. The number of rotatable bonds is 5. The van der Waals surface area contributed by atoms with Crippen LogP contribution in [-0.4, -0.2) is 24.6 Å². The van der Waals surface area contributed by atoms with Crippen molar-refractivity contribution < 1.29 is 14.3 Å². The second kappa shape index (κ2) is 6.52. The Hall–Kier alpha value is -2.04. The van der Waals surface area contributed by atoms with E-state index in [1.54, 1.807) is 0 Å². The van der Waals surface area contributed by atoms with Crippen molar-refractivity contribution in [1.82, 2.24) is 5.32 Å². The van der Waals surface area contributed by atoms with Crippen molar-refractivity contribution in [2.75, 3.05) is 6.61 Å². The number of carbonyl (C=O) groups is 2. The summed E-state index contributed by atoms with van der Waals surface area (Å²) in [7, 11) is 0. The number of primary amides is 1. The summed E-state index contributed by atoms with van der Waals surface area (Å²) in [4.78, 5) is 21.5. The first kappa shape index (κ1) is 13.0. The minimum absolute atomic E-state index is 0.0732. The molecule has 17 heavy (non-hydrogen) atoms. The molecule has 0 aromatic heterocycles. The lowest BCUT2D eigenvalue weighted by atomic mass is 10.1. The van der Waals surface area contributed by atoms with Crippen LogP contribution in [0.4, 0.5) is 4.79 Å². The highest BCUT2D eigenvalue weighted by atomic mass is 16.5. The Morgan fingerprint density at radius 2 is 2.00 bits per heavy atom. The van der Waals surface area contributed by atoms with Crippen molar-refractivity contribution in [1.29, 1.82) is 0 Å². The Balaban J connectivity index is 2.56. The molecular weight excluding hydrogens is 220 g/mol. The van der Waals surface area contributed by atoms with Crippen LogP contribution >= 0.6 is 0 Å². The molecule has 1 rings (SSSR count). The average Bonchev–Trinajstić information content (AvgIpc) is 2.26. The molecule has 0 spiro atoms. The largest absolute Gasteiger partial charge is 0.448 e. The normalized spacial score (nSPS) is 11.6. The van der Waals surface area contributed by atoms with Gasteiger partial charge in [-0.05, 0) is 12.0 Å². The molecule has 0 aliphatic carbocycles. The highest BCUT2D eigenvalue weighted by Gasteiger charge is 2.12. The van der Waals surface area contributed by atoms with E-state index in [4.69, 9.17) is 10.5 Å². The van der Waals surface area contributed by atoms with E-state index in [2.05, 4.69) is 5.32 Å². The number of nitrogens with one attached hydrogen (secondary N) is 1. The van der Waals surface area contributed by atoms with Gasteiger partial charge in [0, 0.05) is 6.92 Å². The number of benzene rings is 1. The van der Waals surface area contributed by atoms with Crippen molar-refractivity contribution in [2.24, 2.45) is 5.73 Å². The molecule has 1 atom stereocenters. The molecule has 0 aliphatic rings. The Labute approximate surface area is 99.9 Å². The summed E-state index contributed by atoms with van der Waals surface area (Å²) in [5.74, 6) is -0.168. The van der Waals surface area contributed by atoms with E-state index in [1.165, 1.54) is 6.92 Å². The maximum Gasteiger partial charge on any atom is 0.404 e. The van der Waals surface area contributed by atoms with Crippen LogP contribution in [0.5, 0.6) is 0 Å². The number of hydrogen-bond acceptors (Lipinski definition) is 3. The van der Waals surface area contributed by atoms with E-state index in [0.29, 0.717) is 6.42 Å². The van der Waals surface area contributed by atoms with Crippen LogP contribution in [0, 0.1) is 0 Å². The van der Waals surface area contributed by atoms with Crippen molar-refractivity contribution in [2.45, 2.75) is 19.4 Å². The van der Waals surface area contributed by atoms with Gasteiger partial charge in [0.25, 0.3) is 0 Å². The average molecular weight is 236 g/mol. The van der Waals surface area contributed by atoms with E-state index < -0.39 is 6.09 Å². The fraction of sp³-hybridized carbons (Fsp3) is 0.333. The zero-order valence-electron chi connectivity index (χ0n) is 9.68. The first-order valence-corrected chi connectivity index (χ1v) is 5.31. The molecular formula is C12H16N2O3. The van der Waals surface area contributed by atoms with Crippen molar-refractivity contribution >= 4 is 12.0 Å². The predicted molar refractivity (Wildman–Crippen MR) is 63.3 cm³/mol. The molecule has 0 aliphatic heterocycles. The van der Waals surface area contributed by atoms with Gasteiger partial charge < -0.3 is 15.8 Å². The van der Waals surface area contributed by atoms with Gasteiger partial charge in [-0.25, -0.2) is 4.79 Å². The van der Waals surface area contributed by atoms with Gasteiger partial charge in [-0.1, -0.05) is 30.3 Å². The van der Waals surface area contributed by atoms with Crippen LogP contribution in [0.2, 0.25) is 0 Å². The molecule has 0 saturated carbocycles. The van der Waals surface area contributed by atoms with Crippen molar-refractivity contribution in [3.05, 3.63) is 35.9 Å². The van der Waals surface area contributed by atoms with Crippen LogP contribution < -0.4 is 11.1 Å². The molecule has 2 amide bonds. The molecule has 0 unspecified atom stereocenters. The van der Waals surface area contributed by atoms with Crippen LogP contribution in [0.3, 0.4) is 0 Å². The number of nitrogens with two attached hydrogens (primary N) is 1. The highest BCUT2D eigenvalue weighted by molar-refractivity contribution is 5.73. The molecule has 0 radical (unpaired) electrons. The molecule has 1 aromatic rings. The quantitative estimate of drug-likeness (QED) is 0.794. The molecule has 1 aromatic carbocycles. The topological polar surface area (TPSA) is 81.4 Å². The van der Waals surface area contributed by atoms with E-state index in [0.717, 1.165) is 5.56 Å². The fourth-order valence-corrected chi connectivity index (χ4v) is 1.52. The summed E-state index contributed by atoms with van der Waals surface area (Å²) in [5, 5.41) is 2.71. The first-order valence-electron chi connectivity index (χ1n) is 5.31. The zero-order valence-corrected chi connectivity index (χ0v) is 9.68. The molecule has 5 heteroatoms. The summed E-state index contributed by atoms with van der Waals surface area (Å²) in [6.45, 7) is 1.49. The van der Waals surface area contributed by atoms with Gasteiger partial charge in [-0.15, -0.1) is 0 Å². The van der Waals surface area contributed by atoms with E-state index >= 15 is 0 Å². The minimum atomic E-state index is -0.839. The number of carbonyl (C=O) groups excluding carboxylic acids is 2. The lowest BCUT2D eigenvalue weighted by molar-refractivity contribution is -0.119. The summed E-state index contributed by atoms with van der Waals surface area (Å²) in [6.07, 6.45) is -0.248. The highest BCUT2D eigenvalue weighted by Crippen LogP contribution is 2.03. The minimum Gasteiger partial charge on any atom is -0.448 e. The SMILES string of the molecule is CC(=O)N[C@@H](COC(N)=O)Cc1ccccc1. The maximum absolute atomic E-state index is 11.0. The second-order valence-corrected chi connectivity index (χ2v) is 3.72. The second-order valence-electron chi connectivity index (χ2n) is 3.72. The molecule has 92 valence electrons. The first-order chi connectivity index (χ1) is 8.08. The van der Waals surface area contributed by atoms with E-state index in [1.807, 2.05) is 30.3 Å². The van der Waals surface area contributed by atoms with Crippen LogP contribution in [0.1, 0.15) is 12.5 Å². The van der Waals surface area contributed by atoms with Gasteiger partial charge in [-0.3, -0.25) is 4.79 Å². The molecule has 3 N–H and O–H groups in total. The molecule has 0 saturated heterocycles. The summed E-state index contributed by atoms with van der Waals surface area (Å²) < 4.78 is 4.70. The Morgan fingerprint density at radius 1 is 1.35 bits per heavy atom. The maximum atomic E-state index is 11.0. The summed E-state index contributed by atoms with van der Waals surface area (Å²) in [6, 6.07) is 9.36. The van der Waals surface area contributed by atoms with Gasteiger partial charge >= 0.3 is 6.09 Å². The van der Waals surface area contributed by atoms with Gasteiger partial charge in [-0.2, -0.15) is 0 Å². The number of hydrogen-bond donors (Lipinski definition) is 2. The zero-order chi connectivity index (χ0) is 12.7. The third kappa shape index (κ3) is 5.55. The molecule has 0 heterocycles. The Kier molecular flexibility index (Phi) is 5.00. The van der Waals surface area contributed by atoms with Crippen LogP contribution in [-0.2, 0) is 16.0 Å². The number of amides is 2. The molecule has 0 fully saturated rings. The summed E-state index contributed by atoms with van der Waals surface area (Å²) >= 11 is 0. The number of ether oxygens (including phenoxy) is 1. The van der Waals surface area contributed by atoms with Crippen molar-refractivity contribution in [3.8, 4) is 0 Å². The van der Waals surface area contributed by atoms with Gasteiger partial charge in [0.15, 0.2) is 0 Å². The van der Waals surface area contributed by atoms with Gasteiger partial charge in [0.05, 0.1) is 6.04 Å². The lowest BCUT2D eigenvalue weighted by Crippen LogP contribution is -2.39. The van der Waals surface area contributed by atoms with E-state index in [9.17, 15) is 9.59 Å². The monoisotopic (exact) mass is 236 g/mol. The third-order valence-electron chi connectivity index (χ3n) is 2.16. The standard InChI is InChI=1S/C12H16N2O3/c1-9(15)14-11(8-17-12(13)16)7-10-5-3-2-4-6-10/h2-6,11H,7-8H2,1H3,(H2,13,16)(H,14,15)/t11-/m1/s1. The molecule has 5 nitrogen and oxygen atoms in total.